The number of methoxy groups -OCH3 is 1. The smallest absolute Gasteiger partial charge is 0.315 e. The van der Waals surface area contributed by atoms with Gasteiger partial charge in [-0.3, -0.25) is 4.79 Å². The maximum atomic E-state index is 13.0. The third kappa shape index (κ3) is 5.15. The van der Waals surface area contributed by atoms with E-state index in [9.17, 15) is 4.79 Å². The summed E-state index contributed by atoms with van der Waals surface area (Å²) in [5.41, 5.74) is 4.54. The van der Waals surface area contributed by atoms with Gasteiger partial charge in [0.15, 0.2) is 0 Å². The molecule has 1 aliphatic heterocycles. The van der Waals surface area contributed by atoms with Crippen molar-refractivity contribution in [3.63, 3.8) is 0 Å². The Morgan fingerprint density at radius 2 is 1.56 bits per heavy atom. The maximum Gasteiger partial charge on any atom is 0.315 e. The highest BCUT2D eigenvalue weighted by molar-refractivity contribution is 5.95. The molecular formula is C35H42N2O4. The van der Waals surface area contributed by atoms with E-state index in [4.69, 9.17) is 14.2 Å². The molecule has 5 fully saturated rings. The number of nitrogens with zero attached hydrogens (tertiary/aromatic N) is 1. The number of fused-ring (bicyclic) bond motifs is 1. The Morgan fingerprint density at radius 1 is 0.902 bits per heavy atom. The van der Waals surface area contributed by atoms with E-state index in [2.05, 4.69) is 47.8 Å². The zero-order chi connectivity index (χ0) is 28.0. The first kappa shape index (κ1) is 26.9. The van der Waals surface area contributed by atoms with E-state index in [1.807, 2.05) is 24.0 Å². The quantitative estimate of drug-likeness (QED) is 0.328. The van der Waals surface area contributed by atoms with Crippen LogP contribution in [0.5, 0.6) is 5.75 Å². The molecule has 4 aliphatic carbocycles. The van der Waals surface area contributed by atoms with Crippen molar-refractivity contribution in [1.82, 2.24) is 10.2 Å². The number of hydrogen-bond donors (Lipinski definition) is 1. The number of rotatable bonds is 8. The molecule has 1 N–H and O–H groups in total. The lowest BCUT2D eigenvalue weighted by atomic mass is 9.48. The van der Waals surface area contributed by atoms with Gasteiger partial charge in [-0.1, -0.05) is 24.3 Å². The van der Waals surface area contributed by atoms with E-state index in [0.717, 1.165) is 71.8 Å². The van der Waals surface area contributed by atoms with Gasteiger partial charge in [0.05, 0.1) is 6.61 Å². The van der Waals surface area contributed by atoms with E-state index in [1.165, 1.54) is 49.5 Å². The van der Waals surface area contributed by atoms with Crippen LogP contribution in [0.15, 0.2) is 54.6 Å². The SMILES string of the molecule is CCOC(OC)Oc1cc2ccc(-c3ccc(C(=O)N4CCNCC4)cc3)cc2cc1C12CC3CC(CC(C3)C1)C2. The normalized spacial score (nSPS) is 27.8. The highest BCUT2D eigenvalue weighted by Gasteiger charge is 2.52. The molecule has 6 heteroatoms. The second kappa shape index (κ2) is 11.0. The van der Waals surface area contributed by atoms with Crippen molar-refractivity contribution >= 4 is 16.7 Å². The number of carbonyl (C=O) groups excluding carboxylic acids is 1. The summed E-state index contributed by atoms with van der Waals surface area (Å²) in [6.45, 7) is 5.02. The highest BCUT2D eigenvalue weighted by Crippen LogP contribution is 2.62. The summed E-state index contributed by atoms with van der Waals surface area (Å²) in [7, 11) is 1.64. The molecule has 4 bridgehead atoms. The lowest BCUT2D eigenvalue weighted by molar-refractivity contribution is -0.231. The van der Waals surface area contributed by atoms with Crippen molar-refractivity contribution in [2.45, 2.75) is 57.3 Å². The average Bonchev–Trinajstić information content (AvgIpc) is 2.99. The summed E-state index contributed by atoms with van der Waals surface area (Å²) in [4.78, 5) is 14.9. The van der Waals surface area contributed by atoms with Gasteiger partial charge in [-0.2, -0.15) is 0 Å². The van der Waals surface area contributed by atoms with Gasteiger partial charge in [0.1, 0.15) is 5.75 Å². The summed E-state index contributed by atoms with van der Waals surface area (Å²) in [6, 6.07) is 19.4. The molecule has 216 valence electrons. The maximum absolute atomic E-state index is 13.0. The first-order valence-corrected chi connectivity index (χ1v) is 15.5. The van der Waals surface area contributed by atoms with Crippen molar-refractivity contribution in [2.75, 3.05) is 39.9 Å². The summed E-state index contributed by atoms with van der Waals surface area (Å²) >= 11 is 0. The molecule has 5 aliphatic rings. The number of hydrogen-bond acceptors (Lipinski definition) is 5. The van der Waals surface area contributed by atoms with Crippen LogP contribution in [0.4, 0.5) is 0 Å². The van der Waals surface area contributed by atoms with Crippen LogP contribution in [0.25, 0.3) is 21.9 Å². The second-order valence-electron chi connectivity index (χ2n) is 12.8. The van der Waals surface area contributed by atoms with Crippen molar-refractivity contribution in [3.8, 4) is 16.9 Å². The van der Waals surface area contributed by atoms with E-state index < -0.39 is 6.48 Å². The molecule has 8 rings (SSSR count). The largest absolute Gasteiger partial charge is 0.441 e. The van der Waals surface area contributed by atoms with Crippen LogP contribution in [0.1, 0.15) is 61.4 Å². The molecule has 0 aromatic heterocycles. The molecule has 1 atom stereocenters. The van der Waals surface area contributed by atoms with E-state index in [1.54, 1.807) is 7.11 Å². The molecule has 1 amide bonds. The van der Waals surface area contributed by atoms with Crippen LogP contribution >= 0.6 is 0 Å². The molecule has 3 aromatic carbocycles. The Bertz CT molecular complexity index is 1380. The standard InChI is InChI=1S/C35H42N2O4/c1-3-40-34(39-2)41-32-19-29-9-8-28(26-4-6-27(7-5-26)33(38)37-12-10-36-11-13-37)17-30(29)18-31(32)35-20-23-14-24(21-35)16-25(15-23)22-35/h4-9,17-19,23-25,34,36H,3,10-16,20-22H2,1-2H3. The van der Waals surface area contributed by atoms with Crippen molar-refractivity contribution in [1.29, 1.82) is 0 Å². The lowest BCUT2D eigenvalue weighted by Gasteiger charge is -2.57. The minimum Gasteiger partial charge on any atom is -0.441 e. The Morgan fingerprint density at radius 3 is 2.20 bits per heavy atom. The summed E-state index contributed by atoms with van der Waals surface area (Å²) in [6.07, 6.45) is 7.99. The molecule has 0 radical (unpaired) electrons. The number of nitrogens with one attached hydrogen (secondary N) is 1. The van der Waals surface area contributed by atoms with Gasteiger partial charge >= 0.3 is 6.48 Å². The Hall–Kier alpha value is -2.93. The Balaban J connectivity index is 1.23. The third-order valence-corrected chi connectivity index (χ3v) is 10.1. The van der Waals surface area contributed by atoms with E-state index in [0.29, 0.717) is 6.61 Å². The van der Waals surface area contributed by atoms with E-state index in [-0.39, 0.29) is 11.3 Å². The predicted octanol–water partition coefficient (Wildman–Crippen LogP) is 6.37. The number of ether oxygens (including phenoxy) is 3. The summed E-state index contributed by atoms with van der Waals surface area (Å²) in [5.74, 6) is 3.53. The topological polar surface area (TPSA) is 60.0 Å². The molecule has 3 aromatic rings. The molecule has 1 saturated heterocycles. The van der Waals surface area contributed by atoms with Crippen LogP contribution in [0.2, 0.25) is 0 Å². The first-order chi connectivity index (χ1) is 20.0. The minimum atomic E-state index is -0.716. The van der Waals surface area contributed by atoms with Gasteiger partial charge in [0.25, 0.3) is 5.91 Å². The van der Waals surface area contributed by atoms with Gasteiger partial charge in [0.2, 0.25) is 0 Å². The fourth-order valence-corrected chi connectivity index (χ4v) is 8.65. The first-order valence-electron chi connectivity index (χ1n) is 15.5. The molecule has 4 saturated carbocycles. The van der Waals surface area contributed by atoms with Gasteiger partial charge in [0, 0.05) is 44.4 Å². The van der Waals surface area contributed by atoms with Crippen molar-refractivity contribution in [3.05, 3.63) is 65.7 Å². The number of piperazine rings is 1. The fourth-order valence-electron chi connectivity index (χ4n) is 8.65. The van der Waals surface area contributed by atoms with Crippen LogP contribution in [-0.2, 0) is 14.9 Å². The number of carbonyl (C=O) groups is 1. The van der Waals surface area contributed by atoms with E-state index >= 15 is 0 Å². The highest BCUT2D eigenvalue weighted by atomic mass is 16.8. The van der Waals surface area contributed by atoms with Gasteiger partial charge in [-0.25, -0.2) is 0 Å². The molecule has 6 nitrogen and oxygen atoms in total. The monoisotopic (exact) mass is 554 g/mol. The van der Waals surface area contributed by atoms with Crippen LogP contribution in [0, 0.1) is 17.8 Å². The van der Waals surface area contributed by atoms with Crippen LogP contribution < -0.4 is 10.1 Å². The van der Waals surface area contributed by atoms with Gasteiger partial charge in [-0.15, -0.1) is 0 Å². The molecular weight excluding hydrogens is 512 g/mol. The fraction of sp³-hybridized carbons (Fsp3) is 0.514. The zero-order valence-electron chi connectivity index (χ0n) is 24.4. The lowest BCUT2D eigenvalue weighted by Crippen LogP contribution is -2.48. The number of benzene rings is 3. The Labute approximate surface area is 243 Å². The zero-order valence-corrected chi connectivity index (χ0v) is 24.4. The van der Waals surface area contributed by atoms with Crippen molar-refractivity contribution < 1.29 is 19.0 Å². The summed E-state index contributed by atoms with van der Waals surface area (Å²) < 4.78 is 17.7. The Kier molecular flexibility index (Phi) is 7.26. The van der Waals surface area contributed by atoms with Gasteiger partial charge < -0.3 is 24.4 Å². The molecule has 41 heavy (non-hydrogen) atoms. The van der Waals surface area contributed by atoms with Crippen LogP contribution in [0.3, 0.4) is 0 Å². The molecule has 1 unspecified atom stereocenters. The molecule has 1 heterocycles. The third-order valence-electron chi connectivity index (χ3n) is 10.1. The summed E-state index contributed by atoms with van der Waals surface area (Å²) in [5, 5.41) is 5.69. The van der Waals surface area contributed by atoms with Gasteiger partial charge in [-0.05, 0) is 121 Å². The van der Waals surface area contributed by atoms with Crippen molar-refractivity contribution in [2.24, 2.45) is 17.8 Å². The number of amides is 1. The van der Waals surface area contributed by atoms with Crippen LogP contribution in [-0.4, -0.2) is 57.2 Å². The molecule has 0 spiro atoms. The minimum absolute atomic E-state index is 0.116. The average molecular weight is 555 g/mol. The predicted molar refractivity (Wildman–Crippen MR) is 161 cm³/mol. The second-order valence-corrected chi connectivity index (χ2v) is 12.8.